The van der Waals surface area contributed by atoms with Gasteiger partial charge in [0.05, 0.1) is 0 Å². The van der Waals surface area contributed by atoms with Gasteiger partial charge in [-0.05, 0) is 23.8 Å². The highest BCUT2D eigenvalue weighted by Gasteiger charge is 2.45. The fraction of sp³-hybridized carbons (Fsp3) is 0.500. The lowest BCUT2D eigenvalue weighted by atomic mass is 10.0. The monoisotopic (exact) mass is 338 g/mol. The maximum atomic E-state index is 13.3. The number of benzene rings is 1. The summed E-state index contributed by atoms with van der Waals surface area (Å²) in [6.45, 7) is 1.71. The second-order valence-electron chi connectivity index (χ2n) is 4.44. The third-order valence-corrected chi connectivity index (χ3v) is 3.82. The highest BCUT2D eigenvalue weighted by molar-refractivity contribution is 9.10. The van der Waals surface area contributed by atoms with E-state index in [2.05, 4.69) is 21.2 Å². The summed E-state index contributed by atoms with van der Waals surface area (Å²) in [6, 6.07) is 2.27. The van der Waals surface area contributed by atoms with Crippen molar-refractivity contribution in [1.29, 1.82) is 0 Å². The van der Waals surface area contributed by atoms with E-state index in [9.17, 15) is 18.3 Å². The van der Waals surface area contributed by atoms with Crippen molar-refractivity contribution in [2.24, 2.45) is 0 Å². The van der Waals surface area contributed by atoms with Crippen molar-refractivity contribution in [1.82, 2.24) is 10.2 Å². The third-order valence-electron chi connectivity index (χ3n) is 3.10. The van der Waals surface area contributed by atoms with Gasteiger partial charge in [0.2, 0.25) is 0 Å². The highest BCUT2D eigenvalue weighted by atomic mass is 79.9. The summed E-state index contributed by atoms with van der Waals surface area (Å²) in [7, 11) is 0. The molecule has 19 heavy (non-hydrogen) atoms. The van der Waals surface area contributed by atoms with Crippen LogP contribution in [0.3, 0.4) is 0 Å². The normalized spacial score (nSPS) is 19.4. The van der Waals surface area contributed by atoms with Crippen LogP contribution in [0.15, 0.2) is 22.7 Å². The van der Waals surface area contributed by atoms with Crippen LogP contribution in [0.25, 0.3) is 0 Å². The summed E-state index contributed by atoms with van der Waals surface area (Å²) in [6.07, 6.45) is -4.38. The minimum absolute atomic E-state index is 0.0504. The van der Waals surface area contributed by atoms with E-state index in [0.29, 0.717) is 30.7 Å². The molecule has 1 atom stereocenters. The van der Waals surface area contributed by atoms with Gasteiger partial charge in [0.25, 0.3) is 0 Å². The van der Waals surface area contributed by atoms with Gasteiger partial charge in [-0.2, -0.15) is 13.2 Å². The number of piperazine rings is 1. The zero-order chi connectivity index (χ0) is 14.0. The molecule has 0 amide bonds. The lowest BCUT2D eigenvalue weighted by Crippen LogP contribution is -2.49. The van der Waals surface area contributed by atoms with Crippen LogP contribution in [-0.4, -0.2) is 42.4 Å². The Bertz CT molecular complexity index is 447. The molecule has 2 rings (SSSR count). The standard InChI is InChI=1S/C12H14BrF3N2O/c13-10-2-1-8(19)7-9(10)11(12(14,15)16)18-5-3-17-4-6-18/h1-2,7,11,17,19H,3-6H2/t11-/m0/s1. The molecule has 0 aromatic heterocycles. The second kappa shape index (κ2) is 5.68. The number of phenols is 1. The van der Waals surface area contributed by atoms with Gasteiger partial charge >= 0.3 is 6.18 Å². The van der Waals surface area contributed by atoms with Crippen LogP contribution in [0.2, 0.25) is 0 Å². The zero-order valence-corrected chi connectivity index (χ0v) is 11.6. The van der Waals surface area contributed by atoms with Crippen LogP contribution >= 0.6 is 15.9 Å². The third kappa shape index (κ3) is 3.40. The van der Waals surface area contributed by atoms with Crippen molar-refractivity contribution in [2.75, 3.05) is 26.2 Å². The predicted molar refractivity (Wildman–Crippen MR) is 69.0 cm³/mol. The van der Waals surface area contributed by atoms with Crippen molar-refractivity contribution in [3.05, 3.63) is 28.2 Å². The minimum atomic E-state index is -4.38. The summed E-state index contributed by atoms with van der Waals surface area (Å²) in [4.78, 5) is 1.38. The number of hydrogen-bond acceptors (Lipinski definition) is 3. The first-order chi connectivity index (χ1) is 8.89. The maximum absolute atomic E-state index is 13.3. The number of aromatic hydroxyl groups is 1. The largest absolute Gasteiger partial charge is 0.508 e. The van der Waals surface area contributed by atoms with E-state index in [4.69, 9.17) is 0 Å². The van der Waals surface area contributed by atoms with Crippen molar-refractivity contribution in [2.45, 2.75) is 12.2 Å². The second-order valence-corrected chi connectivity index (χ2v) is 5.29. The topological polar surface area (TPSA) is 35.5 Å². The first kappa shape index (κ1) is 14.6. The average molecular weight is 339 g/mol. The Morgan fingerprint density at radius 3 is 2.47 bits per heavy atom. The summed E-state index contributed by atoms with van der Waals surface area (Å²) in [5, 5.41) is 12.5. The Kier molecular flexibility index (Phi) is 4.37. The molecule has 1 heterocycles. The molecule has 1 aromatic rings. The van der Waals surface area contributed by atoms with Crippen molar-refractivity contribution < 1.29 is 18.3 Å². The Morgan fingerprint density at radius 2 is 1.89 bits per heavy atom. The SMILES string of the molecule is Oc1ccc(Br)c([C@H](N2CCNCC2)C(F)(F)F)c1. The van der Waals surface area contributed by atoms with E-state index in [1.165, 1.54) is 23.1 Å². The number of halogens is 4. The van der Waals surface area contributed by atoms with E-state index >= 15 is 0 Å². The smallest absolute Gasteiger partial charge is 0.408 e. The van der Waals surface area contributed by atoms with Crippen molar-refractivity contribution in [3.63, 3.8) is 0 Å². The highest BCUT2D eigenvalue weighted by Crippen LogP contribution is 2.41. The zero-order valence-electron chi connectivity index (χ0n) is 10.0. The minimum Gasteiger partial charge on any atom is -0.508 e. The van der Waals surface area contributed by atoms with Crippen LogP contribution < -0.4 is 5.32 Å². The van der Waals surface area contributed by atoms with E-state index in [-0.39, 0.29) is 11.3 Å². The summed E-state index contributed by atoms with van der Waals surface area (Å²) in [5.41, 5.74) is 0.0504. The predicted octanol–water partition coefficient (Wildman–Crippen LogP) is 2.66. The van der Waals surface area contributed by atoms with E-state index in [1.807, 2.05) is 0 Å². The molecule has 1 aliphatic heterocycles. The molecule has 0 saturated carbocycles. The van der Waals surface area contributed by atoms with Gasteiger partial charge in [-0.25, -0.2) is 0 Å². The fourth-order valence-electron chi connectivity index (χ4n) is 2.26. The van der Waals surface area contributed by atoms with Gasteiger partial charge in [0.1, 0.15) is 11.8 Å². The van der Waals surface area contributed by atoms with Gasteiger partial charge < -0.3 is 10.4 Å². The first-order valence-corrected chi connectivity index (χ1v) is 6.69. The maximum Gasteiger partial charge on any atom is 0.408 e. The Balaban J connectivity index is 2.39. The molecule has 2 N–H and O–H groups in total. The molecular weight excluding hydrogens is 325 g/mol. The molecule has 7 heteroatoms. The molecule has 0 aliphatic carbocycles. The fourth-order valence-corrected chi connectivity index (χ4v) is 2.72. The van der Waals surface area contributed by atoms with Crippen molar-refractivity contribution >= 4 is 15.9 Å². The summed E-state index contributed by atoms with van der Waals surface area (Å²) >= 11 is 3.14. The molecule has 0 bridgehead atoms. The molecule has 1 fully saturated rings. The molecule has 1 saturated heterocycles. The molecule has 3 nitrogen and oxygen atoms in total. The Morgan fingerprint density at radius 1 is 1.26 bits per heavy atom. The quantitative estimate of drug-likeness (QED) is 0.870. The molecule has 0 spiro atoms. The van der Waals surface area contributed by atoms with Crippen LogP contribution in [0.4, 0.5) is 13.2 Å². The molecular formula is C12H14BrF3N2O. The van der Waals surface area contributed by atoms with Crippen LogP contribution in [0, 0.1) is 0 Å². The molecule has 0 radical (unpaired) electrons. The number of phenolic OH excluding ortho intramolecular Hbond substituents is 1. The lowest BCUT2D eigenvalue weighted by Gasteiger charge is -2.36. The van der Waals surface area contributed by atoms with Crippen LogP contribution in [0.1, 0.15) is 11.6 Å². The Hall–Kier alpha value is -0.790. The summed E-state index contributed by atoms with van der Waals surface area (Å²) < 4.78 is 40.4. The van der Waals surface area contributed by atoms with E-state index in [0.717, 1.165) is 0 Å². The van der Waals surface area contributed by atoms with Gasteiger partial charge in [0.15, 0.2) is 0 Å². The molecule has 1 aromatic carbocycles. The molecule has 106 valence electrons. The first-order valence-electron chi connectivity index (χ1n) is 5.89. The van der Waals surface area contributed by atoms with Crippen LogP contribution in [0.5, 0.6) is 5.75 Å². The number of hydrogen-bond donors (Lipinski definition) is 2. The van der Waals surface area contributed by atoms with Gasteiger partial charge in [-0.3, -0.25) is 4.90 Å². The number of nitrogens with zero attached hydrogens (tertiary/aromatic N) is 1. The van der Waals surface area contributed by atoms with E-state index in [1.54, 1.807) is 0 Å². The molecule has 1 aliphatic rings. The Labute approximate surface area is 117 Å². The van der Waals surface area contributed by atoms with E-state index < -0.39 is 12.2 Å². The number of alkyl halides is 3. The van der Waals surface area contributed by atoms with Crippen molar-refractivity contribution in [3.8, 4) is 5.75 Å². The van der Waals surface area contributed by atoms with Crippen LogP contribution in [-0.2, 0) is 0 Å². The van der Waals surface area contributed by atoms with Gasteiger partial charge in [-0.1, -0.05) is 15.9 Å². The summed E-state index contributed by atoms with van der Waals surface area (Å²) in [5.74, 6) is -0.164. The lowest BCUT2D eigenvalue weighted by molar-refractivity contribution is -0.188. The average Bonchev–Trinajstić information content (AvgIpc) is 2.33. The number of rotatable bonds is 2. The van der Waals surface area contributed by atoms with Gasteiger partial charge in [-0.15, -0.1) is 0 Å². The molecule has 0 unspecified atom stereocenters. The van der Waals surface area contributed by atoms with Gasteiger partial charge in [0, 0.05) is 30.7 Å². The number of nitrogens with one attached hydrogen (secondary N) is 1.